The van der Waals surface area contributed by atoms with E-state index in [1.54, 1.807) is 37.6 Å². The topological polar surface area (TPSA) is 51.0 Å². The molecule has 2 heterocycles. The summed E-state index contributed by atoms with van der Waals surface area (Å²) in [4.78, 5) is 17.9. The average Bonchev–Trinajstić information content (AvgIpc) is 3.05. The number of hydrogen-bond donors (Lipinski definition) is 0. The number of anilines is 1. The van der Waals surface area contributed by atoms with Crippen molar-refractivity contribution < 1.29 is 31.1 Å². The third-order valence-electron chi connectivity index (χ3n) is 4.27. The molecule has 0 saturated heterocycles. The van der Waals surface area contributed by atoms with Crippen LogP contribution in [-0.4, -0.2) is 51.1 Å². The number of halogens is 7. The van der Waals surface area contributed by atoms with Crippen LogP contribution in [0.5, 0.6) is 0 Å². The molecule has 2 aromatic rings. The summed E-state index contributed by atoms with van der Waals surface area (Å²) >= 11 is 7.01. The Morgan fingerprint density at radius 1 is 1.23 bits per heavy atom. The van der Waals surface area contributed by atoms with E-state index in [4.69, 9.17) is 11.6 Å². The highest BCUT2D eigenvalue weighted by Crippen LogP contribution is 2.41. The maximum Gasteiger partial charge on any atom is 0.400 e. The van der Waals surface area contributed by atoms with Crippen LogP contribution >= 0.6 is 23.4 Å². The minimum absolute atomic E-state index is 0.0738. The summed E-state index contributed by atoms with van der Waals surface area (Å²) < 4.78 is 76.7. The van der Waals surface area contributed by atoms with Gasteiger partial charge in [-0.25, -0.2) is 4.68 Å². The molecule has 1 amide bonds. The molecule has 0 aliphatic rings. The predicted octanol–water partition coefficient (Wildman–Crippen LogP) is 5.53. The Labute approximate surface area is 183 Å². The van der Waals surface area contributed by atoms with Gasteiger partial charge in [-0.15, -0.1) is 0 Å². The zero-order valence-corrected chi connectivity index (χ0v) is 17.8. The van der Waals surface area contributed by atoms with Crippen molar-refractivity contribution in [2.45, 2.75) is 32.1 Å². The fourth-order valence-corrected chi connectivity index (χ4v) is 3.90. The first-order valence-corrected chi connectivity index (χ1v) is 10.7. The molecule has 0 fully saturated rings. The van der Waals surface area contributed by atoms with Gasteiger partial charge in [0.1, 0.15) is 5.69 Å². The smallest absolute Gasteiger partial charge is 0.308 e. The van der Waals surface area contributed by atoms with Gasteiger partial charge in [-0.05, 0) is 31.2 Å². The first-order valence-electron chi connectivity index (χ1n) is 9.12. The van der Waals surface area contributed by atoms with Crippen LogP contribution < -0.4 is 4.90 Å². The molecule has 31 heavy (non-hydrogen) atoms. The van der Waals surface area contributed by atoms with Crippen molar-refractivity contribution in [3.63, 3.8) is 0 Å². The molecule has 0 radical (unpaired) electrons. The van der Waals surface area contributed by atoms with Gasteiger partial charge in [0.2, 0.25) is 5.91 Å². The van der Waals surface area contributed by atoms with Crippen LogP contribution in [0, 0.1) is 5.92 Å². The van der Waals surface area contributed by atoms with Crippen LogP contribution in [-0.2, 0) is 4.79 Å². The number of thioether (sulfide) groups is 1. The molecule has 0 atom stereocenters. The van der Waals surface area contributed by atoms with Crippen LogP contribution in [0.2, 0.25) is 5.15 Å². The van der Waals surface area contributed by atoms with Gasteiger partial charge >= 0.3 is 12.4 Å². The first-order chi connectivity index (χ1) is 14.4. The van der Waals surface area contributed by atoms with Crippen molar-refractivity contribution >= 4 is 35.0 Å². The highest BCUT2D eigenvalue weighted by atomic mass is 35.5. The lowest BCUT2D eigenvalue weighted by Crippen LogP contribution is -2.36. The van der Waals surface area contributed by atoms with Crippen molar-refractivity contribution in [2.75, 3.05) is 23.0 Å². The number of pyridine rings is 1. The number of hydrogen-bond acceptors (Lipinski definition) is 4. The van der Waals surface area contributed by atoms with E-state index in [0.717, 1.165) is 11.8 Å². The van der Waals surface area contributed by atoms with Crippen LogP contribution in [0.15, 0.2) is 30.7 Å². The zero-order chi connectivity index (χ0) is 23.2. The number of amides is 1. The summed E-state index contributed by atoms with van der Waals surface area (Å²) in [6.07, 6.45) is -7.18. The molecular weight excluding hydrogens is 470 g/mol. The number of aromatic nitrogens is 3. The number of alkyl halides is 6. The number of carbonyl (C=O) groups is 1. The average molecular weight is 489 g/mol. The number of rotatable bonds is 9. The molecule has 0 bridgehead atoms. The Morgan fingerprint density at radius 3 is 2.45 bits per heavy atom. The van der Waals surface area contributed by atoms with Gasteiger partial charge in [-0.3, -0.25) is 9.78 Å². The largest absolute Gasteiger partial charge is 0.400 e. The summed E-state index contributed by atoms with van der Waals surface area (Å²) in [5, 5.41) is 4.21. The van der Waals surface area contributed by atoms with E-state index in [-0.39, 0.29) is 35.5 Å². The monoisotopic (exact) mass is 488 g/mol. The van der Waals surface area contributed by atoms with Gasteiger partial charge in [-0.2, -0.15) is 43.2 Å². The fraction of sp³-hybridized carbons (Fsp3) is 0.500. The molecule has 0 aliphatic heterocycles. The summed E-state index contributed by atoms with van der Waals surface area (Å²) in [6.45, 7) is 1.96. The van der Waals surface area contributed by atoms with Gasteiger partial charge in [-0.1, -0.05) is 11.6 Å². The van der Waals surface area contributed by atoms with E-state index in [1.807, 2.05) is 0 Å². The Morgan fingerprint density at radius 2 is 1.90 bits per heavy atom. The summed E-state index contributed by atoms with van der Waals surface area (Å²) in [6, 6.07) is 3.44. The third-order valence-corrected chi connectivity index (χ3v) is 5.56. The second kappa shape index (κ2) is 10.6. The molecule has 0 N–H and O–H groups in total. The second-order valence-corrected chi connectivity index (χ2v) is 7.97. The fourth-order valence-electron chi connectivity index (χ4n) is 2.74. The summed E-state index contributed by atoms with van der Waals surface area (Å²) in [5.41, 5.74) is 0.968. The number of nitrogens with zero attached hydrogens (tertiary/aromatic N) is 4. The lowest BCUT2D eigenvalue weighted by molar-refractivity contribution is -0.284. The Balaban J connectivity index is 1.92. The number of carbonyl (C=O) groups excluding carboxylic acids is 1. The van der Waals surface area contributed by atoms with E-state index in [9.17, 15) is 31.1 Å². The van der Waals surface area contributed by atoms with Crippen LogP contribution in [0.1, 0.15) is 19.8 Å². The van der Waals surface area contributed by atoms with E-state index < -0.39 is 24.7 Å². The molecule has 2 rings (SSSR count). The van der Waals surface area contributed by atoms with Gasteiger partial charge in [0.05, 0.1) is 18.1 Å². The van der Waals surface area contributed by atoms with E-state index in [1.165, 1.54) is 9.58 Å². The summed E-state index contributed by atoms with van der Waals surface area (Å²) in [7, 11) is 0. The Hall–Kier alpha value is -1.95. The van der Waals surface area contributed by atoms with E-state index in [0.29, 0.717) is 11.4 Å². The van der Waals surface area contributed by atoms with Crippen molar-refractivity contribution in [1.29, 1.82) is 0 Å². The molecule has 0 aromatic carbocycles. The van der Waals surface area contributed by atoms with Crippen molar-refractivity contribution in [1.82, 2.24) is 14.8 Å². The van der Waals surface area contributed by atoms with E-state index >= 15 is 0 Å². The van der Waals surface area contributed by atoms with Crippen LogP contribution in [0.25, 0.3) is 5.69 Å². The van der Waals surface area contributed by atoms with Gasteiger partial charge in [0.15, 0.2) is 11.1 Å². The first kappa shape index (κ1) is 25.3. The van der Waals surface area contributed by atoms with Crippen molar-refractivity contribution in [3.05, 3.63) is 35.9 Å². The van der Waals surface area contributed by atoms with Crippen molar-refractivity contribution in [2.24, 2.45) is 5.92 Å². The van der Waals surface area contributed by atoms with Crippen LogP contribution in [0.4, 0.5) is 32.0 Å². The van der Waals surface area contributed by atoms with Gasteiger partial charge in [0, 0.05) is 24.9 Å². The quantitative estimate of drug-likeness (QED) is 0.344. The molecular formula is C18H19ClF6N4OS. The highest BCUT2D eigenvalue weighted by molar-refractivity contribution is 7.99. The highest BCUT2D eigenvalue weighted by Gasteiger charge is 2.55. The second-order valence-electron chi connectivity index (χ2n) is 6.39. The van der Waals surface area contributed by atoms with E-state index in [2.05, 4.69) is 10.1 Å². The normalized spacial score (nSPS) is 12.4. The molecule has 0 spiro atoms. The molecule has 172 valence electrons. The Bertz CT molecular complexity index is 845. The lowest BCUT2D eigenvalue weighted by atomic mass is 10.1. The minimum atomic E-state index is -5.35. The standard InChI is InChI=1S/C18H19ClF6N4OS/c1-2-28(13-11-29(27-16(13)19)12-4-3-7-26-10-12)15(30)6-9-31-8-5-14(17(20,21)22)18(23,24)25/h3-4,7,10-11,14H,2,5-6,8-9H2,1H3. The molecule has 2 aromatic heterocycles. The van der Waals surface area contributed by atoms with Gasteiger partial charge in [0.25, 0.3) is 0 Å². The Kier molecular flexibility index (Phi) is 8.64. The lowest BCUT2D eigenvalue weighted by Gasteiger charge is -2.22. The van der Waals surface area contributed by atoms with Gasteiger partial charge < -0.3 is 4.90 Å². The maximum atomic E-state index is 12.5. The minimum Gasteiger partial charge on any atom is -0.308 e. The van der Waals surface area contributed by atoms with Crippen LogP contribution in [0.3, 0.4) is 0 Å². The molecule has 13 heteroatoms. The van der Waals surface area contributed by atoms with Crippen molar-refractivity contribution in [3.8, 4) is 5.69 Å². The molecule has 5 nitrogen and oxygen atoms in total. The SMILES string of the molecule is CCN(C(=O)CCSCCC(C(F)(F)F)C(F)(F)F)c1cn(-c2cccnc2)nc1Cl. The predicted molar refractivity (Wildman–Crippen MR) is 107 cm³/mol. The molecule has 0 aliphatic carbocycles. The third kappa shape index (κ3) is 7.03. The molecule has 0 saturated carbocycles. The maximum absolute atomic E-state index is 12.5. The summed E-state index contributed by atoms with van der Waals surface area (Å²) in [5.74, 6) is -4.03. The zero-order valence-electron chi connectivity index (χ0n) is 16.3. The molecule has 0 unspecified atom stereocenters.